The maximum Gasteiger partial charge on any atom is 0.460 e. The molecule has 0 aliphatic rings. The fraction of sp³-hybridized carbons (Fsp3) is 0.667. The molecule has 0 aliphatic carbocycles. The molecule has 0 N–H and O–H groups in total. The second-order valence-corrected chi connectivity index (χ2v) is 3.68. The van der Waals surface area contributed by atoms with E-state index in [-0.39, 0.29) is 5.57 Å². The molecular formula is C9H8F9. The third kappa shape index (κ3) is 2.92. The molecule has 0 amide bonds. The first-order valence-corrected chi connectivity index (χ1v) is 4.36. The number of hydrogen-bond donors (Lipinski definition) is 0. The van der Waals surface area contributed by atoms with Gasteiger partial charge in [0, 0.05) is 0 Å². The summed E-state index contributed by atoms with van der Waals surface area (Å²) in [4.78, 5) is 0. The zero-order valence-electron chi connectivity index (χ0n) is 9.06. The summed E-state index contributed by atoms with van der Waals surface area (Å²) in [6.07, 6.45) is -7.12. The maximum absolute atomic E-state index is 12.8. The van der Waals surface area contributed by atoms with Crippen LogP contribution >= 0.6 is 0 Å². The molecular weight excluding hydrogens is 279 g/mol. The molecule has 9 heteroatoms. The van der Waals surface area contributed by atoms with Gasteiger partial charge in [-0.1, -0.05) is 11.6 Å². The predicted octanol–water partition coefficient (Wildman–Crippen LogP) is 4.63. The number of alkyl halides is 9. The van der Waals surface area contributed by atoms with Crippen LogP contribution in [0.5, 0.6) is 0 Å². The fourth-order valence-corrected chi connectivity index (χ4v) is 0.763. The quantitative estimate of drug-likeness (QED) is 0.661. The van der Waals surface area contributed by atoms with Gasteiger partial charge in [0.1, 0.15) is 0 Å². The van der Waals surface area contributed by atoms with Crippen molar-refractivity contribution < 1.29 is 39.5 Å². The van der Waals surface area contributed by atoms with Crippen molar-refractivity contribution in [3.8, 4) is 0 Å². The zero-order valence-corrected chi connectivity index (χ0v) is 9.06. The Balaban J connectivity index is 5.43. The summed E-state index contributed by atoms with van der Waals surface area (Å²) in [5.41, 5.74) is 0.0285. The molecule has 0 nitrogen and oxygen atoms in total. The van der Waals surface area contributed by atoms with Gasteiger partial charge in [0.15, 0.2) is 0 Å². The summed E-state index contributed by atoms with van der Waals surface area (Å²) < 4.78 is 110. The lowest BCUT2D eigenvalue weighted by Gasteiger charge is -2.33. The van der Waals surface area contributed by atoms with E-state index in [4.69, 9.17) is 0 Å². The fourth-order valence-electron chi connectivity index (χ4n) is 0.763. The third-order valence-corrected chi connectivity index (χ3v) is 1.79. The number of halogens is 9. The molecule has 0 saturated heterocycles. The monoisotopic (exact) mass is 287 g/mol. The minimum absolute atomic E-state index is 0.0285. The van der Waals surface area contributed by atoms with E-state index < -0.39 is 30.4 Å². The molecule has 0 rings (SSSR count). The SMILES string of the molecule is CC(C)=C[CH]C(F)(F)C(F)(F)C(F)(F)C(F)(F)F. The summed E-state index contributed by atoms with van der Waals surface area (Å²) in [6.45, 7) is 2.35. The summed E-state index contributed by atoms with van der Waals surface area (Å²) >= 11 is 0. The Labute approximate surface area is 96.5 Å². The molecule has 0 atom stereocenters. The summed E-state index contributed by atoms with van der Waals surface area (Å²) in [5, 5.41) is 0. The van der Waals surface area contributed by atoms with Crippen molar-refractivity contribution in [1.82, 2.24) is 0 Å². The van der Waals surface area contributed by atoms with E-state index >= 15 is 0 Å². The van der Waals surface area contributed by atoms with E-state index in [1.54, 1.807) is 0 Å². The molecule has 0 saturated carbocycles. The molecule has 0 aromatic heterocycles. The third-order valence-electron chi connectivity index (χ3n) is 1.79. The molecule has 0 heterocycles. The second kappa shape index (κ2) is 4.65. The van der Waals surface area contributed by atoms with Crippen LogP contribution in [0.3, 0.4) is 0 Å². The Kier molecular flexibility index (Phi) is 4.42. The summed E-state index contributed by atoms with van der Waals surface area (Å²) in [6, 6.07) is 0. The van der Waals surface area contributed by atoms with Gasteiger partial charge in [0.05, 0.1) is 6.42 Å². The normalized spacial score (nSPS) is 14.6. The lowest BCUT2D eigenvalue weighted by molar-refractivity contribution is -0.390. The standard InChI is InChI=1S/C9H8F9/c1-5(2)3-4-6(10,11)7(12,13)8(14,15)9(16,17)18/h3-4H,1-2H3. The van der Waals surface area contributed by atoms with Gasteiger partial charge in [-0.25, -0.2) is 0 Å². The van der Waals surface area contributed by atoms with Crippen LogP contribution < -0.4 is 0 Å². The van der Waals surface area contributed by atoms with Gasteiger partial charge in [0.2, 0.25) is 0 Å². The minimum atomic E-state index is -6.84. The van der Waals surface area contributed by atoms with Crippen molar-refractivity contribution in [3.63, 3.8) is 0 Å². The summed E-state index contributed by atoms with van der Waals surface area (Å²) in [7, 11) is 0. The maximum atomic E-state index is 12.8. The second-order valence-electron chi connectivity index (χ2n) is 3.68. The van der Waals surface area contributed by atoms with Crippen LogP contribution in [-0.2, 0) is 0 Å². The van der Waals surface area contributed by atoms with Gasteiger partial charge in [-0.15, -0.1) is 0 Å². The van der Waals surface area contributed by atoms with Crippen LogP contribution in [0.25, 0.3) is 0 Å². The van der Waals surface area contributed by atoms with Gasteiger partial charge in [-0.2, -0.15) is 39.5 Å². The highest BCUT2D eigenvalue weighted by Crippen LogP contribution is 2.53. The van der Waals surface area contributed by atoms with Gasteiger partial charge in [-0.05, 0) is 13.8 Å². The number of allylic oxidation sites excluding steroid dienone is 2. The molecule has 0 aromatic rings. The average molecular weight is 287 g/mol. The highest BCUT2D eigenvalue weighted by molar-refractivity contribution is 5.15. The van der Waals surface area contributed by atoms with Crippen molar-refractivity contribution in [3.05, 3.63) is 18.1 Å². The average Bonchev–Trinajstić information content (AvgIpc) is 2.12. The van der Waals surface area contributed by atoms with Crippen LogP contribution in [0.1, 0.15) is 13.8 Å². The molecule has 0 unspecified atom stereocenters. The molecule has 1 radical (unpaired) electrons. The van der Waals surface area contributed by atoms with Crippen molar-refractivity contribution in [2.75, 3.05) is 0 Å². The van der Waals surface area contributed by atoms with Gasteiger partial charge in [0.25, 0.3) is 0 Å². The molecule has 18 heavy (non-hydrogen) atoms. The Bertz CT molecular complexity index is 319. The Morgan fingerprint density at radius 2 is 1.11 bits per heavy atom. The molecule has 0 spiro atoms. The first kappa shape index (κ1) is 17.1. The Morgan fingerprint density at radius 3 is 1.39 bits per heavy atom. The molecule has 0 aromatic carbocycles. The van der Waals surface area contributed by atoms with E-state index in [1.807, 2.05) is 0 Å². The largest absolute Gasteiger partial charge is 0.460 e. The Hall–Kier alpha value is -0.890. The topological polar surface area (TPSA) is 0 Å². The first-order chi connectivity index (χ1) is 7.67. The predicted molar refractivity (Wildman–Crippen MR) is 44.6 cm³/mol. The summed E-state index contributed by atoms with van der Waals surface area (Å²) in [5.74, 6) is -19.1. The van der Waals surface area contributed by atoms with Crippen molar-refractivity contribution in [2.45, 2.75) is 37.8 Å². The van der Waals surface area contributed by atoms with E-state index in [0.717, 1.165) is 0 Å². The van der Waals surface area contributed by atoms with Crippen molar-refractivity contribution >= 4 is 0 Å². The van der Waals surface area contributed by atoms with Gasteiger partial charge >= 0.3 is 23.9 Å². The van der Waals surface area contributed by atoms with Crippen LogP contribution in [0.15, 0.2) is 11.6 Å². The molecule has 107 valence electrons. The highest BCUT2D eigenvalue weighted by Gasteiger charge is 2.81. The molecule has 0 fully saturated rings. The first-order valence-electron chi connectivity index (χ1n) is 4.36. The lowest BCUT2D eigenvalue weighted by Crippen LogP contribution is -2.60. The molecule has 0 bridgehead atoms. The number of hydrogen-bond acceptors (Lipinski definition) is 0. The van der Waals surface area contributed by atoms with Crippen LogP contribution in [-0.4, -0.2) is 23.9 Å². The van der Waals surface area contributed by atoms with Crippen LogP contribution in [0.4, 0.5) is 39.5 Å². The van der Waals surface area contributed by atoms with Crippen LogP contribution in [0, 0.1) is 6.42 Å². The van der Waals surface area contributed by atoms with Gasteiger partial charge < -0.3 is 0 Å². The smallest absolute Gasteiger partial charge is 0.199 e. The van der Waals surface area contributed by atoms with Crippen LogP contribution in [0.2, 0.25) is 0 Å². The van der Waals surface area contributed by atoms with E-state index in [2.05, 4.69) is 0 Å². The minimum Gasteiger partial charge on any atom is -0.199 e. The van der Waals surface area contributed by atoms with E-state index in [9.17, 15) is 39.5 Å². The molecule has 0 aliphatic heterocycles. The highest BCUT2D eigenvalue weighted by atomic mass is 19.4. The van der Waals surface area contributed by atoms with Crippen molar-refractivity contribution in [2.24, 2.45) is 0 Å². The number of rotatable bonds is 4. The zero-order chi connectivity index (χ0) is 15.0. The van der Waals surface area contributed by atoms with Crippen molar-refractivity contribution in [1.29, 1.82) is 0 Å². The van der Waals surface area contributed by atoms with Gasteiger partial charge in [-0.3, -0.25) is 0 Å². The lowest BCUT2D eigenvalue weighted by atomic mass is 10.0. The van der Waals surface area contributed by atoms with E-state index in [1.165, 1.54) is 13.8 Å². The van der Waals surface area contributed by atoms with E-state index in [0.29, 0.717) is 6.08 Å². The Morgan fingerprint density at radius 1 is 0.722 bits per heavy atom.